The smallest absolute Gasteiger partial charge is 0.230 e. The highest BCUT2D eigenvalue weighted by atomic mass is 19.1. The number of benzene rings is 1. The van der Waals surface area contributed by atoms with Crippen LogP contribution in [0.2, 0.25) is 0 Å². The maximum atomic E-state index is 13.8. The molecule has 1 aromatic heterocycles. The van der Waals surface area contributed by atoms with Gasteiger partial charge >= 0.3 is 0 Å². The van der Waals surface area contributed by atoms with E-state index in [9.17, 15) is 8.78 Å². The summed E-state index contributed by atoms with van der Waals surface area (Å²) in [5, 5.41) is 2.92. The third-order valence-electron chi connectivity index (χ3n) is 2.54. The molecule has 7 heteroatoms. The third-order valence-corrected chi connectivity index (χ3v) is 2.54. The molecule has 0 aliphatic rings. The average molecular weight is 279 g/mol. The second kappa shape index (κ2) is 5.77. The molecule has 0 aliphatic heterocycles. The number of nitrogens with one attached hydrogen (secondary N) is 1. The van der Waals surface area contributed by atoms with Crippen LogP contribution in [-0.2, 0) is 0 Å². The lowest BCUT2D eigenvalue weighted by molar-refractivity contribution is 0.587. The Balaban J connectivity index is 2.61. The van der Waals surface area contributed by atoms with Gasteiger partial charge < -0.3 is 10.2 Å². The monoisotopic (exact) mass is 279 g/mol. The minimum Gasteiger partial charge on any atom is -0.354 e. The third kappa shape index (κ3) is 2.81. The molecule has 0 fully saturated rings. The van der Waals surface area contributed by atoms with Crippen molar-refractivity contribution < 1.29 is 8.78 Å². The molecule has 0 saturated carbocycles. The average Bonchev–Trinajstić information content (AvgIpc) is 2.38. The van der Waals surface area contributed by atoms with Gasteiger partial charge in [-0.2, -0.15) is 15.0 Å². The summed E-state index contributed by atoms with van der Waals surface area (Å²) in [7, 11) is 3.49. The summed E-state index contributed by atoms with van der Waals surface area (Å²) < 4.78 is 27.6. The van der Waals surface area contributed by atoms with E-state index in [1.807, 2.05) is 6.92 Å². The van der Waals surface area contributed by atoms with Crippen molar-refractivity contribution in [2.75, 3.05) is 30.9 Å². The zero-order valence-electron chi connectivity index (χ0n) is 11.5. The quantitative estimate of drug-likeness (QED) is 0.930. The Morgan fingerprint density at radius 1 is 1.10 bits per heavy atom. The topological polar surface area (TPSA) is 53.9 Å². The van der Waals surface area contributed by atoms with Crippen LogP contribution in [0.4, 0.5) is 20.7 Å². The first-order chi connectivity index (χ1) is 9.52. The Labute approximate surface area is 115 Å². The Kier molecular flexibility index (Phi) is 4.07. The van der Waals surface area contributed by atoms with E-state index in [-0.39, 0.29) is 17.3 Å². The van der Waals surface area contributed by atoms with Gasteiger partial charge in [-0.05, 0) is 19.1 Å². The number of hydrogen-bond donors (Lipinski definition) is 1. The summed E-state index contributed by atoms with van der Waals surface area (Å²) in [5.41, 5.74) is -0.253. The van der Waals surface area contributed by atoms with E-state index >= 15 is 0 Å². The molecule has 1 heterocycles. The lowest BCUT2D eigenvalue weighted by atomic mass is 10.2. The van der Waals surface area contributed by atoms with Crippen molar-refractivity contribution >= 4 is 11.9 Å². The normalized spacial score (nSPS) is 10.4. The maximum Gasteiger partial charge on any atom is 0.230 e. The van der Waals surface area contributed by atoms with Gasteiger partial charge in [0.25, 0.3) is 0 Å². The Morgan fingerprint density at radius 2 is 1.75 bits per heavy atom. The first-order valence-electron chi connectivity index (χ1n) is 6.14. The molecule has 0 radical (unpaired) electrons. The highest BCUT2D eigenvalue weighted by Crippen LogP contribution is 2.24. The van der Waals surface area contributed by atoms with Crippen LogP contribution in [0.15, 0.2) is 18.2 Å². The highest BCUT2D eigenvalue weighted by molar-refractivity contribution is 5.59. The van der Waals surface area contributed by atoms with Gasteiger partial charge in [0.15, 0.2) is 5.82 Å². The molecule has 0 unspecified atom stereocenters. The molecule has 1 aromatic carbocycles. The second-order valence-corrected chi connectivity index (χ2v) is 4.30. The highest BCUT2D eigenvalue weighted by Gasteiger charge is 2.17. The number of anilines is 2. The molecule has 0 saturated heterocycles. The van der Waals surface area contributed by atoms with Crippen LogP contribution in [0.1, 0.15) is 6.92 Å². The second-order valence-electron chi connectivity index (χ2n) is 4.30. The summed E-state index contributed by atoms with van der Waals surface area (Å²) in [6.07, 6.45) is 0. The number of hydrogen-bond acceptors (Lipinski definition) is 5. The molecule has 0 spiro atoms. The molecule has 0 aliphatic carbocycles. The van der Waals surface area contributed by atoms with Gasteiger partial charge in [0.1, 0.15) is 11.6 Å². The molecule has 0 amide bonds. The Bertz CT molecular complexity index is 595. The molecular formula is C13H15F2N5. The molecule has 1 N–H and O–H groups in total. The summed E-state index contributed by atoms with van der Waals surface area (Å²) in [6, 6.07) is 3.64. The summed E-state index contributed by atoms with van der Waals surface area (Å²) in [4.78, 5) is 13.9. The summed E-state index contributed by atoms with van der Waals surface area (Å²) in [6.45, 7) is 2.47. The van der Waals surface area contributed by atoms with Gasteiger partial charge in [0.05, 0.1) is 5.56 Å². The van der Waals surface area contributed by atoms with E-state index in [0.29, 0.717) is 12.5 Å². The van der Waals surface area contributed by atoms with Crippen LogP contribution >= 0.6 is 0 Å². The van der Waals surface area contributed by atoms with Crippen LogP contribution < -0.4 is 10.2 Å². The first kappa shape index (κ1) is 14.1. The molecule has 2 aromatic rings. The van der Waals surface area contributed by atoms with E-state index in [1.54, 1.807) is 19.0 Å². The van der Waals surface area contributed by atoms with Gasteiger partial charge in [0, 0.05) is 20.6 Å². The van der Waals surface area contributed by atoms with Crippen molar-refractivity contribution in [3.8, 4) is 11.4 Å². The molecule has 5 nitrogen and oxygen atoms in total. The summed E-state index contributed by atoms with van der Waals surface area (Å²) >= 11 is 0. The van der Waals surface area contributed by atoms with Gasteiger partial charge in [-0.3, -0.25) is 0 Å². The standard InChI is InChI=1S/C13H15F2N5/c1-4-16-12-17-11(18-13(19-12)20(2)3)10-8(14)6-5-7-9(10)15/h5-7H,4H2,1-3H3,(H,16,17,18,19). The zero-order valence-corrected chi connectivity index (χ0v) is 11.5. The SMILES string of the molecule is CCNc1nc(-c2c(F)cccc2F)nc(N(C)C)n1. The number of halogens is 2. The fourth-order valence-electron chi connectivity index (χ4n) is 1.63. The molecule has 20 heavy (non-hydrogen) atoms. The predicted octanol–water partition coefficient (Wildman–Crippen LogP) is 2.31. The number of aromatic nitrogens is 3. The van der Waals surface area contributed by atoms with E-state index in [2.05, 4.69) is 20.3 Å². The van der Waals surface area contributed by atoms with Gasteiger partial charge in [-0.1, -0.05) is 6.07 Å². The number of rotatable bonds is 4. The minimum atomic E-state index is -0.705. The Morgan fingerprint density at radius 3 is 2.30 bits per heavy atom. The zero-order chi connectivity index (χ0) is 14.7. The van der Waals surface area contributed by atoms with Crippen molar-refractivity contribution in [3.63, 3.8) is 0 Å². The molecule has 0 bridgehead atoms. The van der Waals surface area contributed by atoms with Crippen LogP contribution in [-0.4, -0.2) is 35.6 Å². The largest absolute Gasteiger partial charge is 0.354 e. The van der Waals surface area contributed by atoms with Gasteiger partial charge in [-0.25, -0.2) is 8.78 Å². The Hall–Kier alpha value is -2.31. The van der Waals surface area contributed by atoms with Crippen molar-refractivity contribution in [2.24, 2.45) is 0 Å². The molecule has 2 rings (SSSR count). The first-order valence-corrected chi connectivity index (χ1v) is 6.14. The lowest BCUT2D eigenvalue weighted by Crippen LogP contribution is -2.16. The molecular weight excluding hydrogens is 264 g/mol. The maximum absolute atomic E-state index is 13.8. The van der Waals surface area contributed by atoms with Crippen molar-refractivity contribution in [1.29, 1.82) is 0 Å². The van der Waals surface area contributed by atoms with Crippen LogP contribution in [0.3, 0.4) is 0 Å². The minimum absolute atomic E-state index is 0.0322. The van der Waals surface area contributed by atoms with E-state index in [4.69, 9.17) is 0 Å². The predicted molar refractivity (Wildman–Crippen MR) is 73.7 cm³/mol. The van der Waals surface area contributed by atoms with Crippen LogP contribution in [0.5, 0.6) is 0 Å². The van der Waals surface area contributed by atoms with Gasteiger partial charge in [-0.15, -0.1) is 0 Å². The molecule has 106 valence electrons. The summed E-state index contributed by atoms with van der Waals surface area (Å²) in [5.74, 6) is -0.834. The van der Waals surface area contributed by atoms with Crippen LogP contribution in [0.25, 0.3) is 11.4 Å². The van der Waals surface area contributed by atoms with Crippen LogP contribution in [0, 0.1) is 11.6 Å². The van der Waals surface area contributed by atoms with E-state index < -0.39 is 11.6 Å². The number of nitrogens with zero attached hydrogens (tertiary/aromatic N) is 4. The van der Waals surface area contributed by atoms with Crippen molar-refractivity contribution in [1.82, 2.24) is 15.0 Å². The fraction of sp³-hybridized carbons (Fsp3) is 0.308. The van der Waals surface area contributed by atoms with Crippen molar-refractivity contribution in [3.05, 3.63) is 29.8 Å². The van der Waals surface area contributed by atoms with E-state index in [1.165, 1.54) is 18.2 Å². The fourth-order valence-corrected chi connectivity index (χ4v) is 1.63. The lowest BCUT2D eigenvalue weighted by Gasteiger charge is -2.13. The van der Waals surface area contributed by atoms with E-state index in [0.717, 1.165) is 0 Å². The van der Waals surface area contributed by atoms with Crippen molar-refractivity contribution in [2.45, 2.75) is 6.92 Å². The van der Waals surface area contributed by atoms with Gasteiger partial charge in [0.2, 0.25) is 11.9 Å². The molecule has 0 atom stereocenters.